The molecule has 0 bridgehead atoms. The molecule has 1 saturated heterocycles. The van der Waals surface area contributed by atoms with Gasteiger partial charge < -0.3 is 5.21 Å². The highest BCUT2D eigenvalue weighted by molar-refractivity contribution is 6.05. The number of pyridine rings is 1. The molecule has 0 radical (unpaired) electrons. The first-order valence-electron chi connectivity index (χ1n) is 11.9. The second kappa shape index (κ2) is 8.88. The smallest absolute Gasteiger partial charge is 0.234 e. The van der Waals surface area contributed by atoms with E-state index in [4.69, 9.17) is 5.10 Å². The summed E-state index contributed by atoms with van der Waals surface area (Å²) in [5.41, 5.74) is 8.11. The number of para-hydroxylation sites is 1. The van der Waals surface area contributed by atoms with Crippen molar-refractivity contribution in [2.24, 2.45) is 5.16 Å². The second-order valence-corrected chi connectivity index (χ2v) is 9.05. The number of carbonyl (C=O) groups excluding carboxylic acids is 2. The summed E-state index contributed by atoms with van der Waals surface area (Å²) in [4.78, 5) is 28.5. The van der Waals surface area contributed by atoms with Crippen LogP contribution in [0.3, 0.4) is 0 Å². The van der Waals surface area contributed by atoms with Gasteiger partial charge in [-0.2, -0.15) is 5.10 Å². The van der Waals surface area contributed by atoms with Crippen LogP contribution < -0.4 is 5.32 Å². The molecule has 1 fully saturated rings. The summed E-state index contributed by atoms with van der Waals surface area (Å²) in [6.45, 7) is 0. The average molecular weight is 478 g/mol. The summed E-state index contributed by atoms with van der Waals surface area (Å²) in [5, 5.41) is 20.2. The van der Waals surface area contributed by atoms with E-state index < -0.39 is 5.92 Å². The van der Waals surface area contributed by atoms with E-state index >= 15 is 0 Å². The van der Waals surface area contributed by atoms with Crippen LogP contribution in [0.1, 0.15) is 41.9 Å². The molecule has 8 nitrogen and oxygen atoms in total. The first-order valence-corrected chi connectivity index (χ1v) is 11.9. The quantitative estimate of drug-likeness (QED) is 0.260. The van der Waals surface area contributed by atoms with Crippen molar-refractivity contribution in [2.75, 3.05) is 0 Å². The number of nitrogens with one attached hydrogen (secondary N) is 1. The lowest BCUT2D eigenvalue weighted by atomic mass is 9.89. The Balaban J connectivity index is 1.49. The third kappa shape index (κ3) is 3.76. The third-order valence-electron chi connectivity index (χ3n) is 6.95. The van der Waals surface area contributed by atoms with Gasteiger partial charge in [-0.1, -0.05) is 41.6 Å². The van der Waals surface area contributed by atoms with Crippen molar-refractivity contribution in [3.8, 4) is 28.1 Å². The minimum Gasteiger partial charge on any atom is -0.411 e. The fourth-order valence-electron chi connectivity index (χ4n) is 5.15. The number of aromatic nitrogens is 3. The Morgan fingerprint density at radius 1 is 0.944 bits per heavy atom. The van der Waals surface area contributed by atoms with Crippen molar-refractivity contribution in [3.63, 3.8) is 0 Å². The maximum Gasteiger partial charge on any atom is 0.234 e. The van der Waals surface area contributed by atoms with Crippen LogP contribution in [-0.2, 0) is 16.0 Å². The minimum atomic E-state index is -0.424. The number of nitrogens with zero attached hydrogens (tertiary/aromatic N) is 4. The van der Waals surface area contributed by atoms with E-state index in [-0.39, 0.29) is 11.8 Å². The minimum absolute atomic E-state index is 0.235. The number of oxime groups is 1. The predicted molar refractivity (Wildman–Crippen MR) is 134 cm³/mol. The van der Waals surface area contributed by atoms with Gasteiger partial charge in [-0.25, -0.2) is 4.68 Å². The largest absolute Gasteiger partial charge is 0.411 e. The summed E-state index contributed by atoms with van der Waals surface area (Å²) in [6.07, 6.45) is 7.77. The maximum absolute atomic E-state index is 12.7. The zero-order valence-electron chi connectivity index (χ0n) is 19.4. The van der Waals surface area contributed by atoms with Gasteiger partial charge in [-0.3, -0.25) is 19.9 Å². The number of rotatable bonds is 4. The van der Waals surface area contributed by atoms with E-state index in [0.717, 1.165) is 51.2 Å². The van der Waals surface area contributed by atoms with Crippen LogP contribution in [0, 0.1) is 0 Å². The maximum atomic E-state index is 12.7. The van der Waals surface area contributed by atoms with Crippen LogP contribution >= 0.6 is 0 Å². The summed E-state index contributed by atoms with van der Waals surface area (Å²) in [7, 11) is 0. The molecule has 0 saturated carbocycles. The number of fused-ring (bicyclic) bond motifs is 1. The highest BCUT2D eigenvalue weighted by Gasteiger charge is 2.30. The van der Waals surface area contributed by atoms with Crippen molar-refractivity contribution in [1.29, 1.82) is 0 Å². The van der Waals surface area contributed by atoms with Gasteiger partial charge in [0, 0.05) is 41.7 Å². The van der Waals surface area contributed by atoms with Gasteiger partial charge in [0.15, 0.2) is 0 Å². The molecular formula is C28H23N5O3. The zero-order valence-corrected chi connectivity index (χ0v) is 19.4. The number of imide groups is 1. The number of piperidine rings is 1. The Morgan fingerprint density at radius 2 is 1.78 bits per heavy atom. The number of hydrogen-bond acceptors (Lipinski definition) is 6. The monoisotopic (exact) mass is 477 g/mol. The van der Waals surface area contributed by atoms with Gasteiger partial charge in [-0.05, 0) is 54.2 Å². The number of amides is 2. The van der Waals surface area contributed by atoms with E-state index in [1.54, 1.807) is 12.4 Å². The van der Waals surface area contributed by atoms with Gasteiger partial charge in [0.2, 0.25) is 11.8 Å². The van der Waals surface area contributed by atoms with Crippen molar-refractivity contribution in [3.05, 3.63) is 89.9 Å². The molecule has 2 aromatic carbocycles. The molecule has 3 heterocycles. The molecule has 0 spiro atoms. The number of carbonyl (C=O) groups is 2. The Morgan fingerprint density at radius 3 is 2.58 bits per heavy atom. The van der Waals surface area contributed by atoms with E-state index in [2.05, 4.69) is 21.5 Å². The van der Waals surface area contributed by atoms with Crippen LogP contribution in [0.4, 0.5) is 0 Å². The molecule has 4 aromatic rings. The molecule has 178 valence electrons. The topological polar surface area (TPSA) is 109 Å². The standard InChI is InChI=1S/C28H23N5O3/c34-26-10-8-22(28(35)30-26)21-3-1-2-4-25(21)33-16-23(27(31-33)17-11-13-29-14-12-17)19-5-7-20-18(15-19)6-9-24(20)32-36/h1-5,7,11-16,22,36H,6,8-10H2,(H,30,34,35)/b32-24+. The summed E-state index contributed by atoms with van der Waals surface area (Å²) in [6, 6.07) is 17.7. The van der Waals surface area contributed by atoms with Crippen molar-refractivity contribution in [1.82, 2.24) is 20.1 Å². The van der Waals surface area contributed by atoms with E-state index in [1.807, 2.05) is 59.4 Å². The molecule has 1 atom stereocenters. The first kappa shape index (κ1) is 21.9. The zero-order chi connectivity index (χ0) is 24.6. The molecule has 2 N–H and O–H groups in total. The molecule has 1 aliphatic carbocycles. The SMILES string of the molecule is O=C1CCC(c2ccccc2-n2cc(-c3ccc4c(c3)CC/C4=N\O)c(-c3ccncc3)n2)C(=O)N1. The fraction of sp³-hybridized carbons (Fsp3) is 0.179. The Hall–Kier alpha value is -4.59. The van der Waals surface area contributed by atoms with Gasteiger partial charge in [0.1, 0.15) is 5.69 Å². The lowest BCUT2D eigenvalue weighted by Gasteiger charge is -2.23. The molecule has 1 unspecified atom stereocenters. The van der Waals surface area contributed by atoms with E-state index in [0.29, 0.717) is 25.0 Å². The molecule has 2 aliphatic rings. The van der Waals surface area contributed by atoms with Crippen LogP contribution in [-0.4, -0.2) is 37.5 Å². The Bertz CT molecular complexity index is 1520. The van der Waals surface area contributed by atoms with Crippen LogP contribution in [0.2, 0.25) is 0 Å². The molecule has 1 aliphatic heterocycles. The van der Waals surface area contributed by atoms with Gasteiger partial charge in [-0.15, -0.1) is 0 Å². The molecule has 36 heavy (non-hydrogen) atoms. The van der Waals surface area contributed by atoms with E-state index in [1.165, 1.54) is 0 Å². The van der Waals surface area contributed by atoms with Gasteiger partial charge in [0.05, 0.1) is 17.3 Å². The molecular weight excluding hydrogens is 454 g/mol. The Kier molecular flexibility index (Phi) is 5.41. The van der Waals surface area contributed by atoms with Gasteiger partial charge in [0.25, 0.3) is 0 Å². The van der Waals surface area contributed by atoms with Gasteiger partial charge >= 0.3 is 0 Å². The van der Waals surface area contributed by atoms with Crippen molar-refractivity contribution >= 4 is 17.5 Å². The second-order valence-electron chi connectivity index (χ2n) is 9.05. The van der Waals surface area contributed by atoms with Crippen LogP contribution in [0.25, 0.3) is 28.1 Å². The number of aryl methyl sites for hydroxylation is 1. The lowest BCUT2D eigenvalue weighted by Crippen LogP contribution is -2.39. The fourth-order valence-corrected chi connectivity index (χ4v) is 5.15. The first-order chi connectivity index (χ1) is 17.6. The molecule has 2 aromatic heterocycles. The third-order valence-corrected chi connectivity index (χ3v) is 6.95. The summed E-state index contributed by atoms with van der Waals surface area (Å²) >= 11 is 0. The van der Waals surface area contributed by atoms with Crippen molar-refractivity contribution < 1.29 is 14.8 Å². The van der Waals surface area contributed by atoms with Crippen LogP contribution in [0.15, 0.2) is 78.3 Å². The average Bonchev–Trinajstić information content (AvgIpc) is 3.53. The molecule has 8 heteroatoms. The number of benzene rings is 2. The number of hydrogen-bond donors (Lipinski definition) is 2. The lowest BCUT2D eigenvalue weighted by molar-refractivity contribution is -0.134. The summed E-state index contributed by atoms with van der Waals surface area (Å²) < 4.78 is 1.82. The highest BCUT2D eigenvalue weighted by Crippen LogP contribution is 2.36. The highest BCUT2D eigenvalue weighted by atomic mass is 16.4. The van der Waals surface area contributed by atoms with Crippen molar-refractivity contribution in [2.45, 2.75) is 31.6 Å². The molecule has 6 rings (SSSR count). The Labute approximate surface area is 207 Å². The molecule has 2 amide bonds. The predicted octanol–water partition coefficient (Wildman–Crippen LogP) is 4.25. The van der Waals surface area contributed by atoms with E-state index in [9.17, 15) is 14.8 Å². The normalized spacial score (nSPS) is 18.3. The summed E-state index contributed by atoms with van der Waals surface area (Å²) in [5.74, 6) is -0.936. The van der Waals surface area contributed by atoms with Crippen LogP contribution in [0.5, 0.6) is 0 Å².